The van der Waals surface area contributed by atoms with E-state index in [1.807, 2.05) is 13.8 Å². The molecule has 0 aliphatic carbocycles. The van der Waals surface area contributed by atoms with Crippen LogP contribution in [0, 0.1) is 0 Å². The van der Waals surface area contributed by atoms with Crippen LogP contribution in [0.15, 0.2) is 21.6 Å². The van der Waals surface area contributed by atoms with Gasteiger partial charge in [-0.15, -0.1) is 10.2 Å². The molecule has 0 aliphatic rings. The van der Waals surface area contributed by atoms with Gasteiger partial charge in [0.05, 0.1) is 0 Å². The predicted octanol–water partition coefficient (Wildman–Crippen LogP) is 1.32. The molecule has 2 heterocycles. The average molecular weight is 284 g/mol. The Morgan fingerprint density at radius 1 is 1.37 bits per heavy atom. The second kappa shape index (κ2) is 5.54. The van der Waals surface area contributed by atoms with E-state index in [1.54, 1.807) is 0 Å². The molecule has 2 aromatic heterocycles. The third-order valence-corrected chi connectivity index (χ3v) is 3.95. The van der Waals surface area contributed by atoms with Gasteiger partial charge in [-0.2, -0.15) is 0 Å². The van der Waals surface area contributed by atoms with Crippen LogP contribution in [-0.4, -0.2) is 30.1 Å². The number of nitrogens with zero attached hydrogens (tertiary/aromatic N) is 2. The van der Waals surface area contributed by atoms with Crippen LogP contribution >= 0.6 is 0 Å². The third kappa shape index (κ3) is 3.02. The minimum absolute atomic E-state index is 0.159. The number of aromatic amines is 1. The molecule has 19 heavy (non-hydrogen) atoms. The van der Waals surface area contributed by atoms with Gasteiger partial charge in [0.2, 0.25) is 15.9 Å². The van der Waals surface area contributed by atoms with Gasteiger partial charge in [-0.3, -0.25) is 0 Å². The van der Waals surface area contributed by atoms with Gasteiger partial charge in [0.1, 0.15) is 10.6 Å². The van der Waals surface area contributed by atoms with Crippen molar-refractivity contribution in [3.05, 3.63) is 18.2 Å². The molecule has 8 heteroatoms. The van der Waals surface area contributed by atoms with Crippen LogP contribution in [-0.2, 0) is 16.4 Å². The number of nitrogens with one attached hydrogen (secondary N) is 2. The van der Waals surface area contributed by atoms with Gasteiger partial charge in [-0.1, -0.05) is 13.8 Å². The quantitative estimate of drug-likeness (QED) is 0.833. The molecule has 0 aliphatic heterocycles. The van der Waals surface area contributed by atoms with Crippen molar-refractivity contribution in [1.29, 1.82) is 0 Å². The van der Waals surface area contributed by atoms with E-state index in [-0.39, 0.29) is 10.8 Å². The highest BCUT2D eigenvalue weighted by atomic mass is 32.2. The van der Waals surface area contributed by atoms with E-state index < -0.39 is 10.0 Å². The van der Waals surface area contributed by atoms with E-state index in [0.29, 0.717) is 24.6 Å². The summed E-state index contributed by atoms with van der Waals surface area (Å²) in [6.07, 6.45) is 2.78. The maximum Gasteiger partial charge on any atom is 0.264 e. The lowest BCUT2D eigenvalue weighted by Gasteiger charge is -2.01. The Bertz CT molecular complexity index is 644. The lowest BCUT2D eigenvalue weighted by atomic mass is 10.4. The smallest absolute Gasteiger partial charge is 0.264 e. The monoisotopic (exact) mass is 284 g/mol. The molecule has 0 aromatic carbocycles. The van der Waals surface area contributed by atoms with Crippen LogP contribution in [0.3, 0.4) is 0 Å². The van der Waals surface area contributed by atoms with E-state index in [0.717, 1.165) is 6.42 Å². The zero-order valence-corrected chi connectivity index (χ0v) is 11.6. The van der Waals surface area contributed by atoms with E-state index in [4.69, 9.17) is 4.42 Å². The van der Waals surface area contributed by atoms with Gasteiger partial charge in [0.15, 0.2) is 0 Å². The molecule has 0 atom stereocenters. The summed E-state index contributed by atoms with van der Waals surface area (Å²) in [5, 5.41) is 7.68. The van der Waals surface area contributed by atoms with Crippen LogP contribution in [0.4, 0.5) is 0 Å². The topological polar surface area (TPSA) is 101 Å². The summed E-state index contributed by atoms with van der Waals surface area (Å²) < 4.78 is 31.6. The molecular formula is C11H16N4O3S. The van der Waals surface area contributed by atoms with Crippen LogP contribution in [0.5, 0.6) is 0 Å². The first kappa shape index (κ1) is 13.8. The minimum atomic E-state index is -3.48. The standard InChI is InChI=1S/C11H16N4O3S/c1-3-5-13-19(16,17)8-6-9(12-7-8)11-15-14-10(4-2)18-11/h6-7,12-13H,3-5H2,1-2H3. The summed E-state index contributed by atoms with van der Waals surface area (Å²) in [4.78, 5) is 2.99. The fourth-order valence-electron chi connectivity index (χ4n) is 1.48. The van der Waals surface area contributed by atoms with E-state index >= 15 is 0 Å². The Kier molecular flexibility index (Phi) is 4.01. The van der Waals surface area contributed by atoms with Gasteiger partial charge in [-0.05, 0) is 12.5 Å². The van der Waals surface area contributed by atoms with Crippen molar-refractivity contribution in [3.63, 3.8) is 0 Å². The van der Waals surface area contributed by atoms with Crippen LogP contribution in [0.1, 0.15) is 26.2 Å². The van der Waals surface area contributed by atoms with Crippen LogP contribution in [0.2, 0.25) is 0 Å². The molecule has 0 saturated heterocycles. The maximum atomic E-state index is 11.9. The zero-order chi connectivity index (χ0) is 13.9. The summed E-state index contributed by atoms with van der Waals surface area (Å²) in [6, 6.07) is 1.48. The fourth-order valence-corrected chi connectivity index (χ4v) is 2.60. The summed E-state index contributed by atoms with van der Waals surface area (Å²) in [6.45, 7) is 4.20. The van der Waals surface area contributed by atoms with Gasteiger partial charge < -0.3 is 9.40 Å². The molecule has 0 saturated carbocycles. The Labute approximate surface area is 111 Å². The number of H-pyrrole nitrogens is 1. The summed E-state index contributed by atoms with van der Waals surface area (Å²) in [5.41, 5.74) is 0.490. The highest BCUT2D eigenvalue weighted by Crippen LogP contribution is 2.20. The predicted molar refractivity (Wildman–Crippen MR) is 68.9 cm³/mol. The molecular weight excluding hydrogens is 268 g/mol. The van der Waals surface area contributed by atoms with E-state index in [9.17, 15) is 8.42 Å². The maximum absolute atomic E-state index is 11.9. The largest absolute Gasteiger partial charge is 0.419 e. The Morgan fingerprint density at radius 3 is 2.79 bits per heavy atom. The van der Waals surface area contributed by atoms with Gasteiger partial charge in [0, 0.05) is 19.2 Å². The molecule has 2 rings (SSSR count). The summed E-state index contributed by atoms with van der Waals surface area (Å²) in [7, 11) is -3.48. The number of aryl methyl sites for hydroxylation is 1. The second-order valence-electron chi connectivity index (χ2n) is 4.00. The highest BCUT2D eigenvalue weighted by molar-refractivity contribution is 7.89. The Hall–Kier alpha value is -1.67. The molecule has 0 radical (unpaired) electrons. The van der Waals surface area contributed by atoms with Gasteiger partial charge in [-0.25, -0.2) is 13.1 Å². The molecule has 2 N–H and O–H groups in total. The highest BCUT2D eigenvalue weighted by Gasteiger charge is 2.17. The van der Waals surface area contributed by atoms with E-state index in [1.165, 1.54) is 12.3 Å². The first-order chi connectivity index (χ1) is 9.06. The van der Waals surface area contributed by atoms with Gasteiger partial charge >= 0.3 is 0 Å². The Balaban J connectivity index is 2.23. The zero-order valence-electron chi connectivity index (χ0n) is 10.8. The molecule has 0 unspecified atom stereocenters. The number of hydrogen-bond acceptors (Lipinski definition) is 5. The second-order valence-corrected chi connectivity index (χ2v) is 5.77. The molecule has 2 aromatic rings. The van der Waals surface area contributed by atoms with Crippen molar-refractivity contribution in [3.8, 4) is 11.6 Å². The van der Waals surface area contributed by atoms with Crippen molar-refractivity contribution in [2.24, 2.45) is 0 Å². The molecule has 7 nitrogen and oxygen atoms in total. The number of rotatable bonds is 6. The summed E-state index contributed by atoms with van der Waals surface area (Å²) >= 11 is 0. The summed E-state index contributed by atoms with van der Waals surface area (Å²) in [5.74, 6) is 0.798. The number of sulfonamides is 1. The SMILES string of the molecule is CCCNS(=O)(=O)c1c[nH]c(-c2nnc(CC)o2)c1. The first-order valence-corrected chi connectivity index (χ1v) is 7.56. The van der Waals surface area contributed by atoms with Crippen molar-refractivity contribution >= 4 is 10.0 Å². The normalized spacial score (nSPS) is 11.9. The van der Waals surface area contributed by atoms with E-state index in [2.05, 4.69) is 19.9 Å². The Morgan fingerprint density at radius 2 is 2.16 bits per heavy atom. The minimum Gasteiger partial charge on any atom is -0.419 e. The number of hydrogen-bond donors (Lipinski definition) is 2. The van der Waals surface area contributed by atoms with Crippen LogP contribution < -0.4 is 4.72 Å². The number of aromatic nitrogens is 3. The first-order valence-electron chi connectivity index (χ1n) is 6.07. The molecule has 0 bridgehead atoms. The van der Waals surface area contributed by atoms with Crippen LogP contribution in [0.25, 0.3) is 11.6 Å². The fraction of sp³-hybridized carbons (Fsp3) is 0.455. The molecule has 0 fully saturated rings. The lowest BCUT2D eigenvalue weighted by Crippen LogP contribution is -2.23. The molecule has 104 valence electrons. The van der Waals surface area contributed by atoms with Crippen molar-refractivity contribution in [1.82, 2.24) is 19.9 Å². The van der Waals surface area contributed by atoms with Crippen molar-refractivity contribution in [2.75, 3.05) is 6.54 Å². The lowest BCUT2D eigenvalue weighted by molar-refractivity contribution is 0.511. The third-order valence-electron chi connectivity index (χ3n) is 2.51. The van der Waals surface area contributed by atoms with Crippen molar-refractivity contribution < 1.29 is 12.8 Å². The molecule has 0 amide bonds. The van der Waals surface area contributed by atoms with Crippen molar-refractivity contribution in [2.45, 2.75) is 31.6 Å². The molecule has 0 spiro atoms. The average Bonchev–Trinajstić information content (AvgIpc) is 3.04. The van der Waals surface area contributed by atoms with Gasteiger partial charge in [0.25, 0.3) is 5.89 Å².